The summed E-state index contributed by atoms with van der Waals surface area (Å²) >= 11 is 0. The number of anilines is 1. The minimum atomic E-state index is -2.91. The summed E-state index contributed by atoms with van der Waals surface area (Å²) in [6, 6.07) is 4.13. The predicted molar refractivity (Wildman–Crippen MR) is 82.1 cm³/mol. The van der Waals surface area contributed by atoms with Gasteiger partial charge in [-0.1, -0.05) is 6.07 Å². The van der Waals surface area contributed by atoms with Crippen LogP contribution < -0.4 is 15.4 Å². The maximum Gasteiger partial charge on any atom is 0.387 e. The van der Waals surface area contributed by atoms with Gasteiger partial charge in [0.2, 0.25) is 0 Å². The molecule has 0 radical (unpaired) electrons. The summed E-state index contributed by atoms with van der Waals surface area (Å²) in [5, 5.41) is 9.57. The van der Waals surface area contributed by atoms with Crippen LogP contribution in [0.1, 0.15) is 17.8 Å². The van der Waals surface area contributed by atoms with Crippen molar-refractivity contribution in [1.29, 1.82) is 0 Å². The molecule has 1 atom stereocenters. The van der Waals surface area contributed by atoms with Crippen molar-refractivity contribution in [1.82, 2.24) is 20.1 Å². The summed E-state index contributed by atoms with van der Waals surface area (Å²) in [5.41, 5.74) is 0.943. The molecule has 1 aromatic carbocycles. The van der Waals surface area contributed by atoms with Gasteiger partial charge in [0.25, 0.3) is 0 Å². The zero-order valence-corrected chi connectivity index (χ0v) is 13.0. The van der Waals surface area contributed by atoms with E-state index in [1.807, 2.05) is 0 Å². The monoisotopic (exact) mass is 337 g/mol. The molecule has 0 saturated heterocycles. The first-order valence-electron chi connectivity index (χ1n) is 7.51. The summed E-state index contributed by atoms with van der Waals surface area (Å²) in [7, 11) is 0. The van der Waals surface area contributed by atoms with Gasteiger partial charge >= 0.3 is 12.6 Å². The van der Waals surface area contributed by atoms with Crippen LogP contribution in [0.5, 0.6) is 5.75 Å². The number of benzene rings is 1. The topological polar surface area (TPSA) is 81.1 Å². The first kappa shape index (κ1) is 16.2. The van der Waals surface area contributed by atoms with Crippen molar-refractivity contribution in [2.45, 2.75) is 39.0 Å². The van der Waals surface area contributed by atoms with Gasteiger partial charge in [0.15, 0.2) is 0 Å². The Balaban J connectivity index is 1.59. The number of ether oxygens (including phenoxy) is 1. The molecule has 24 heavy (non-hydrogen) atoms. The fraction of sp³-hybridized carbons (Fsp3) is 0.400. The van der Waals surface area contributed by atoms with Crippen LogP contribution in [0.4, 0.5) is 19.3 Å². The molecular formula is C15H17F2N5O2. The van der Waals surface area contributed by atoms with Crippen LogP contribution in [-0.4, -0.2) is 33.4 Å². The van der Waals surface area contributed by atoms with Crippen molar-refractivity contribution >= 4 is 11.7 Å². The molecule has 3 rings (SSSR count). The maximum atomic E-state index is 12.4. The Kier molecular flexibility index (Phi) is 4.59. The van der Waals surface area contributed by atoms with Crippen molar-refractivity contribution in [3.8, 4) is 5.75 Å². The number of nitrogens with zero attached hydrogens (tertiary/aromatic N) is 3. The van der Waals surface area contributed by atoms with Crippen molar-refractivity contribution in [3.63, 3.8) is 0 Å². The Morgan fingerprint density at radius 2 is 2.29 bits per heavy atom. The normalized spacial score (nSPS) is 16.6. The van der Waals surface area contributed by atoms with E-state index in [0.29, 0.717) is 17.8 Å². The lowest BCUT2D eigenvalue weighted by Gasteiger charge is -2.23. The zero-order chi connectivity index (χ0) is 17.1. The maximum absolute atomic E-state index is 12.4. The highest BCUT2D eigenvalue weighted by Gasteiger charge is 2.21. The Labute approximate surface area is 137 Å². The lowest BCUT2D eigenvalue weighted by Crippen LogP contribution is -2.43. The fourth-order valence-corrected chi connectivity index (χ4v) is 2.61. The third-order valence-electron chi connectivity index (χ3n) is 3.80. The largest absolute Gasteiger partial charge is 0.434 e. The van der Waals surface area contributed by atoms with Crippen LogP contribution >= 0.6 is 0 Å². The van der Waals surface area contributed by atoms with E-state index < -0.39 is 12.6 Å². The molecule has 1 aromatic heterocycles. The summed E-state index contributed by atoms with van der Waals surface area (Å²) < 4.78 is 30.9. The van der Waals surface area contributed by atoms with Crippen molar-refractivity contribution < 1.29 is 18.3 Å². The molecule has 1 aliphatic heterocycles. The van der Waals surface area contributed by atoms with Crippen LogP contribution in [0.3, 0.4) is 0 Å². The number of carbonyl (C=O) groups excluding carboxylic acids is 1. The molecule has 7 nitrogen and oxygen atoms in total. The van der Waals surface area contributed by atoms with E-state index in [9.17, 15) is 13.6 Å². The first-order valence-corrected chi connectivity index (χ1v) is 7.51. The van der Waals surface area contributed by atoms with Crippen LogP contribution in [0.15, 0.2) is 24.5 Å². The van der Waals surface area contributed by atoms with E-state index in [4.69, 9.17) is 0 Å². The van der Waals surface area contributed by atoms with E-state index in [2.05, 4.69) is 25.5 Å². The third kappa shape index (κ3) is 3.79. The number of aromatic nitrogens is 3. The van der Waals surface area contributed by atoms with Gasteiger partial charge in [-0.3, -0.25) is 0 Å². The highest BCUT2D eigenvalue weighted by Crippen LogP contribution is 2.24. The number of rotatable bonds is 4. The van der Waals surface area contributed by atoms with E-state index in [1.54, 1.807) is 23.7 Å². The highest BCUT2D eigenvalue weighted by molar-refractivity contribution is 5.89. The van der Waals surface area contributed by atoms with Crippen molar-refractivity contribution in [2.75, 3.05) is 5.32 Å². The molecule has 9 heteroatoms. The zero-order valence-electron chi connectivity index (χ0n) is 13.0. The molecule has 0 saturated carbocycles. The number of halogens is 2. The second-order valence-corrected chi connectivity index (χ2v) is 5.55. The SMILES string of the molecule is Cc1ccc(NC(=O)NC2CCc3ncnn3C2)cc1OC(F)F. The number of hydrogen-bond acceptors (Lipinski definition) is 4. The van der Waals surface area contributed by atoms with Gasteiger partial charge in [0, 0.05) is 18.2 Å². The number of aryl methyl sites for hydroxylation is 2. The van der Waals surface area contributed by atoms with Gasteiger partial charge in [-0.15, -0.1) is 0 Å². The molecule has 2 N–H and O–H groups in total. The fourth-order valence-electron chi connectivity index (χ4n) is 2.61. The second kappa shape index (κ2) is 6.81. The molecule has 0 bridgehead atoms. The van der Waals surface area contributed by atoms with Crippen LogP contribution in [0.25, 0.3) is 0 Å². The molecule has 2 amide bonds. The number of hydrogen-bond donors (Lipinski definition) is 2. The smallest absolute Gasteiger partial charge is 0.387 e. The van der Waals surface area contributed by atoms with E-state index in [0.717, 1.165) is 18.7 Å². The molecule has 0 fully saturated rings. The van der Waals surface area contributed by atoms with Crippen LogP contribution in [0, 0.1) is 6.92 Å². The number of amides is 2. The molecule has 1 aliphatic rings. The van der Waals surface area contributed by atoms with Gasteiger partial charge < -0.3 is 15.4 Å². The third-order valence-corrected chi connectivity index (χ3v) is 3.80. The van der Waals surface area contributed by atoms with E-state index in [1.165, 1.54) is 12.4 Å². The molecular weight excluding hydrogens is 320 g/mol. The number of carbonyl (C=O) groups is 1. The van der Waals surface area contributed by atoms with E-state index >= 15 is 0 Å². The standard InChI is InChI=1S/C15H17F2N5O2/c1-9-2-3-10(6-12(9)24-14(16)17)20-15(23)21-11-4-5-13-18-8-19-22(13)7-11/h2-3,6,8,11,14H,4-5,7H2,1H3,(H2,20,21,23). The number of alkyl halides is 2. The van der Waals surface area contributed by atoms with Crippen LogP contribution in [-0.2, 0) is 13.0 Å². The molecule has 128 valence electrons. The summed E-state index contributed by atoms with van der Waals surface area (Å²) in [4.78, 5) is 16.2. The molecule has 2 heterocycles. The quantitative estimate of drug-likeness (QED) is 0.897. The minimum Gasteiger partial charge on any atom is -0.434 e. The summed E-state index contributed by atoms with van der Waals surface area (Å²) in [6.07, 6.45) is 3.00. The summed E-state index contributed by atoms with van der Waals surface area (Å²) in [6.45, 7) is -0.706. The van der Waals surface area contributed by atoms with Gasteiger partial charge in [0.1, 0.15) is 17.9 Å². The molecule has 1 unspecified atom stereocenters. The Morgan fingerprint density at radius 3 is 3.08 bits per heavy atom. The van der Waals surface area contributed by atoms with Crippen LogP contribution in [0.2, 0.25) is 0 Å². The lowest BCUT2D eigenvalue weighted by atomic mass is 10.1. The number of fused-ring (bicyclic) bond motifs is 1. The average Bonchev–Trinajstić information content (AvgIpc) is 2.97. The predicted octanol–water partition coefficient (Wildman–Crippen LogP) is 2.32. The number of urea groups is 1. The van der Waals surface area contributed by atoms with E-state index in [-0.39, 0.29) is 11.8 Å². The van der Waals surface area contributed by atoms with Gasteiger partial charge in [-0.2, -0.15) is 13.9 Å². The average molecular weight is 337 g/mol. The second-order valence-electron chi connectivity index (χ2n) is 5.55. The Hall–Kier alpha value is -2.71. The Morgan fingerprint density at radius 1 is 1.46 bits per heavy atom. The molecule has 0 spiro atoms. The van der Waals surface area contributed by atoms with Crippen molar-refractivity contribution in [3.05, 3.63) is 35.9 Å². The highest BCUT2D eigenvalue weighted by atomic mass is 19.3. The molecule has 0 aliphatic carbocycles. The van der Waals surface area contributed by atoms with Gasteiger partial charge in [-0.25, -0.2) is 14.5 Å². The number of nitrogens with one attached hydrogen (secondary N) is 2. The Bertz CT molecular complexity index is 734. The summed E-state index contributed by atoms with van der Waals surface area (Å²) in [5.74, 6) is 0.938. The lowest BCUT2D eigenvalue weighted by molar-refractivity contribution is -0.0502. The first-order chi connectivity index (χ1) is 11.5. The van der Waals surface area contributed by atoms with Gasteiger partial charge in [-0.05, 0) is 25.0 Å². The molecule has 2 aromatic rings. The van der Waals surface area contributed by atoms with Gasteiger partial charge in [0.05, 0.1) is 12.6 Å². The van der Waals surface area contributed by atoms with Crippen molar-refractivity contribution in [2.24, 2.45) is 0 Å². The minimum absolute atomic E-state index is 0.0349.